The maximum atomic E-state index is 4.62. The lowest BCUT2D eigenvalue weighted by molar-refractivity contribution is 0.669. The second-order valence-corrected chi connectivity index (χ2v) is 6.50. The molecule has 3 rings (SSSR count). The number of halogens is 1. The highest BCUT2D eigenvalue weighted by molar-refractivity contribution is 9.10. The molecule has 92 valence electrons. The van der Waals surface area contributed by atoms with E-state index in [0.29, 0.717) is 0 Å². The number of hydrogen-bond acceptors (Lipinski definition) is 2. The van der Waals surface area contributed by atoms with E-state index in [1.807, 2.05) is 6.20 Å². The van der Waals surface area contributed by atoms with E-state index in [1.54, 1.807) is 0 Å². The van der Waals surface area contributed by atoms with Crippen LogP contribution in [0.4, 0.5) is 5.82 Å². The Bertz CT molecular complexity index is 397. The van der Waals surface area contributed by atoms with Gasteiger partial charge in [-0.2, -0.15) is 0 Å². The Kier molecular flexibility index (Phi) is 3.12. The molecule has 0 aromatic carbocycles. The predicted molar refractivity (Wildman–Crippen MR) is 74.3 cm³/mol. The van der Waals surface area contributed by atoms with Crippen molar-refractivity contribution >= 4 is 21.7 Å². The van der Waals surface area contributed by atoms with Crippen molar-refractivity contribution in [1.29, 1.82) is 0 Å². The molecule has 2 saturated carbocycles. The van der Waals surface area contributed by atoms with E-state index < -0.39 is 0 Å². The summed E-state index contributed by atoms with van der Waals surface area (Å²) in [6.07, 6.45) is 7.58. The number of aromatic nitrogens is 1. The van der Waals surface area contributed by atoms with E-state index in [-0.39, 0.29) is 0 Å². The first-order chi connectivity index (χ1) is 8.22. The second kappa shape index (κ2) is 4.60. The standard InChI is InChI=1S/C14H19BrN2/c1-10-6-13(15)7-16-14(10)17(8-11-2-3-11)9-12-4-5-12/h6-7,11-12H,2-5,8-9H2,1H3. The number of nitrogens with zero attached hydrogens (tertiary/aromatic N) is 2. The molecule has 0 unspecified atom stereocenters. The molecular formula is C14H19BrN2. The Balaban J connectivity index is 1.78. The smallest absolute Gasteiger partial charge is 0.131 e. The van der Waals surface area contributed by atoms with Crippen LogP contribution >= 0.6 is 15.9 Å². The van der Waals surface area contributed by atoms with Crippen molar-refractivity contribution in [2.24, 2.45) is 11.8 Å². The third-order valence-electron chi connectivity index (χ3n) is 3.67. The van der Waals surface area contributed by atoms with Crippen LogP contribution in [0.2, 0.25) is 0 Å². The zero-order valence-corrected chi connectivity index (χ0v) is 11.9. The van der Waals surface area contributed by atoms with Crippen molar-refractivity contribution in [2.75, 3.05) is 18.0 Å². The van der Waals surface area contributed by atoms with Gasteiger partial charge in [-0.3, -0.25) is 0 Å². The Morgan fingerprint density at radius 2 is 1.82 bits per heavy atom. The Morgan fingerprint density at radius 1 is 1.24 bits per heavy atom. The molecule has 2 fully saturated rings. The van der Waals surface area contributed by atoms with Gasteiger partial charge in [-0.05, 0) is 72.0 Å². The van der Waals surface area contributed by atoms with Crippen LogP contribution in [0.25, 0.3) is 0 Å². The van der Waals surface area contributed by atoms with Gasteiger partial charge in [-0.25, -0.2) is 4.98 Å². The normalized spacial score (nSPS) is 19.4. The van der Waals surface area contributed by atoms with E-state index in [2.05, 4.69) is 38.8 Å². The Morgan fingerprint density at radius 3 is 2.29 bits per heavy atom. The molecule has 0 spiro atoms. The molecule has 1 aromatic rings. The fourth-order valence-electron chi connectivity index (χ4n) is 2.34. The molecule has 0 saturated heterocycles. The molecule has 1 aromatic heterocycles. The van der Waals surface area contributed by atoms with Crippen molar-refractivity contribution in [3.05, 3.63) is 22.3 Å². The van der Waals surface area contributed by atoms with Crippen molar-refractivity contribution in [2.45, 2.75) is 32.6 Å². The lowest BCUT2D eigenvalue weighted by Crippen LogP contribution is -2.29. The number of anilines is 1. The largest absolute Gasteiger partial charge is 0.356 e. The summed E-state index contributed by atoms with van der Waals surface area (Å²) in [6, 6.07) is 2.18. The summed E-state index contributed by atoms with van der Waals surface area (Å²) in [5.74, 6) is 3.06. The summed E-state index contributed by atoms with van der Waals surface area (Å²) in [5, 5.41) is 0. The van der Waals surface area contributed by atoms with E-state index in [9.17, 15) is 0 Å². The average molecular weight is 295 g/mol. The summed E-state index contributed by atoms with van der Waals surface area (Å²) >= 11 is 3.49. The van der Waals surface area contributed by atoms with Crippen molar-refractivity contribution in [3.63, 3.8) is 0 Å². The SMILES string of the molecule is Cc1cc(Br)cnc1N(CC1CC1)CC1CC1. The van der Waals surface area contributed by atoms with Gasteiger partial charge in [-0.1, -0.05) is 0 Å². The van der Waals surface area contributed by atoms with Crippen molar-refractivity contribution < 1.29 is 0 Å². The summed E-state index contributed by atoms with van der Waals surface area (Å²) in [5.41, 5.74) is 1.29. The molecular weight excluding hydrogens is 276 g/mol. The van der Waals surface area contributed by atoms with Crippen LogP contribution in [0.15, 0.2) is 16.7 Å². The summed E-state index contributed by atoms with van der Waals surface area (Å²) < 4.78 is 1.08. The first-order valence-electron chi connectivity index (χ1n) is 6.59. The molecule has 0 atom stereocenters. The van der Waals surface area contributed by atoms with Gasteiger partial charge >= 0.3 is 0 Å². The topological polar surface area (TPSA) is 16.1 Å². The van der Waals surface area contributed by atoms with Gasteiger partial charge in [0.25, 0.3) is 0 Å². The highest BCUT2D eigenvalue weighted by Gasteiger charge is 2.30. The summed E-state index contributed by atoms with van der Waals surface area (Å²) in [6.45, 7) is 4.60. The lowest BCUT2D eigenvalue weighted by atomic mass is 10.2. The monoisotopic (exact) mass is 294 g/mol. The van der Waals surface area contributed by atoms with Gasteiger partial charge in [0, 0.05) is 23.8 Å². The molecule has 0 N–H and O–H groups in total. The van der Waals surface area contributed by atoms with Gasteiger partial charge in [0.1, 0.15) is 5.82 Å². The molecule has 2 aliphatic rings. The zero-order chi connectivity index (χ0) is 11.8. The summed E-state index contributed by atoms with van der Waals surface area (Å²) in [4.78, 5) is 7.14. The van der Waals surface area contributed by atoms with Crippen molar-refractivity contribution in [3.8, 4) is 0 Å². The van der Waals surface area contributed by atoms with Crippen LogP contribution in [0.5, 0.6) is 0 Å². The average Bonchev–Trinajstić information content (AvgIpc) is 3.11. The van der Waals surface area contributed by atoms with Gasteiger partial charge < -0.3 is 4.90 Å². The Labute approximate surface area is 112 Å². The van der Waals surface area contributed by atoms with Crippen molar-refractivity contribution in [1.82, 2.24) is 4.98 Å². The van der Waals surface area contributed by atoms with Crippen LogP contribution in [0.1, 0.15) is 31.2 Å². The molecule has 0 amide bonds. The lowest BCUT2D eigenvalue weighted by Gasteiger charge is -2.25. The highest BCUT2D eigenvalue weighted by Crippen LogP contribution is 2.36. The van der Waals surface area contributed by atoms with Crippen LogP contribution in [0, 0.1) is 18.8 Å². The first kappa shape index (κ1) is 11.5. The molecule has 0 aliphatic heterocycles. The van der Waals surface area contributed by atoms with Crippen LogP contribution < -0.4 is 4.90 Å². The number of aryl methyl sites for hydroxylation is 1. The molecule has 2 aliphatic carbocycles. The molecule has 2 nitrogen and oxygen atoms in total. The van der Waals surface area contributed by atoms with Crippen LogP contribution in [0.3, 0.4) is 0 Å². The van der Waals surface area contributed by atoms with E-state index >= 15 is 0 Å². The number of rotatable bonds is 5. The number of hydrogen-bond donors (Lipinski definition) is 0. The highest BCUT2D eigenvalue weighted by atomic mass is 79.9. The first-order valence-corrected chi connectivity index (χ1v) is 7.39. The zero-order valence-electron chi connectivity index (χ0n) is 10.3. The minimum Gasteiger partial charge on any atom is -0.356 e. The predicted octanol–water partition coefficient (Wildman–Crippen LogP) is 3.78. The maximum absolute atomic E-state index is 4.62. The molecule has 0 radical (unpaired) electrons. The summed E-state index contributed by atoms with van der Waals surface area (Å²) in [7, 11) is 0. The third-order valence-corrected chi connectivity index (χ3v) is 4.10. The van der Waals surface area contributed by atoms with Gasteiger partial charge in [0.2, 0.25) is 0 Å². The molecule has 0 bridgehead atoms. The van der Waals surface area contributed by atoms with E-state index in [1.165, 1.54) is 50.2 Å². The third kappa shape index (κ3) is 3.01. The van der Waals surface area contributed by atoms with Gasteiger partial charge in [-0.15, -0.1) is 0 Å². The molecule has 17 heavy (non-hydrogen) atoms. The van der Waals surface area contributed by atoms with Gasteiger partial charge in [0.15, 0.2) is 0 Å². The minimum absolute atomic E-state index is 0.929. The number of pyridine rings is 1. The van der Waals surface area contributed by atoms with E-state index in [0.717, 1.165) is 16.3 Å². The fourth-order valence-corrected chi connectivity index (χ4v) is 2.78. The second-order valence-electron chi connectivity index (χ2n) is 5.59. The maximum Gasteiger partial charge on any atom is 0.131 e. The fraction of sp³-hybridized carbons (Fsp3) is 0.643. The minimum atomic E-state index is 0.929. The molecule has 3 heteroatoms. The quantitative estimate of drug-likeness (QED) is 0.822. The van der Waals surface area contributed by atoms with Gasteiger partial charge in [0.05, 0.1) is 0 Å². The Hall–Kier alpha value is -0.570. The van der Waals surface area contributed by atoms with Crippen LogP contribution in [-0.4, -0.2) is 18.1 Å². The van der Waals surface area contributed by atoms with E-state index in [4.69, 9.17) is 0 Å². The van der Waals surface area contributed by atoms with Crippen LogP contribution in [-0.2, 0) is 0 Å². The molecule has 1 heterocycles.